The lowest BCUT2D eigenvalue weighted by molar-refractivity contribution is 0.0997. The van der Waals surface area contributed by atoms with Gasteiger partial charge in [0.25, 0.3) is 5.91 Å². The standard InChI is InChI=1S/C22H17ClN2O4S/c1-27-18-8-5-14(11-20(18)28-2)16-12-30-22(24-16)25-21(26)19-10-9-17(29-19)13-3-6-15(23)7-4-13/h3-12H,1-2H3,(H,24,25,26). The van der Waals surface area contributed by atoms with Crippen molar-refractivity contribution in [2.75, 3.05) is 19.5 Å². The van der Waals surface area contributed by atoms with Gasteiger partial charge in [-0.25, -0.2) is 4.98 Å². The first-order valence-corrected chi connectivity index (χ1v) is 10.2. The first kappa shape index (κ1) is 20.0. The van der Waals surface area contributed by atoms with Gasteiger partial charge >= 0.3 is 0 Å². The highest BCUT2D eigenvalue weighted by Gasteiger charge is 2.15. The van der Waals surface area contributed by atoms with E-state index in [1.165, 1.54) is 11.3 Å². The molecule has 8 heteroatoms. The van der Waals surface area contributed by atoms with E-state index in [0.717, 1.165) is 16.8 Å². The number of carbonyl (C=O) groups is 1. The van der Waals surface area contributed by atoms with Crippen molar-refractivity contribution in [1.29, 1.82) is 0 Å². The number of nitrogens with one attached hydrogen (secondary N) is 1. The molecule has 30 heavy (non-hydrogen) atoms. The van der Waals surface area contributed by atoms with Crippen LogP contribution in [0.2, 0.25) is 5.02 Å². The van der Waals surface area contributed by atoms with Crippen LogP contribution in [0.4, 0.5) is 5.13 Å². The molecule has 4 rings (SSSR count). The number of rotatable bonds is 6. The molecule has 152 valence electrons. The van der Waals surface area contributed by atoms with E-state index >= 15 is 0 Å². The summed E-state index contributed by atoms with van der Waals surface area (Å²) in [6, 6.07) is 16.1. The Kier molecular flexibility index (Phi) is 5.74. The molecule has 0 aliphatic heterocycles. The van der Waals surface area contributed by atoms with Gasteiger partial charge in [-0.1, -0.05) is 11.6 Å². The van der Waals surface area contributed by atoms with Crippen LogP contribution in [0.3, 0.4) is 0 Å². The third kappa shape index (κ3) is 4.17. The largest absolute Gasteiger partial charge is 0.493 e. The van der Waals surface area contributed by atoms with E-state index in [4.69, 9.17) is 25.5 Å². The van der Waals surface area contributed by atoms with Crippen molar-refractivity contribution in [3.05, 3.63) is 70.8 Å². The Morgan fingerprint density at radius 1 is 1.00 bits per heavy atom. The van der Waals surface area contributed by atoms with Gasteiger partial charge in [0, 0.05) is 21.5 Å². The van der Waals surface area contributed by atoms with Crippen molar-refractivity contribution < 1.29 is 18.7 Å². The summed E-state index contributed by atoms with van der Waals surface area (Å²) in [5.41, 5.74) is 2.41. The second-order valence-electron chi connectivity index (χ2n) is 6.23. The van der Waals surface area contributed by atoms with Crippen LogP contribution >= 0.6 is 22.9 Å². The van der Waals surface area contributed by atoms with Crippen LogP contribution in [-0.2, 0) is 0 Å². The number of hydrogen-bond acceptors (Lipinski definition) is 6. The van der Waals surface area contributed by atoms with Crippen molar-refractivity contribution in [2.24, 2.45) is 0 Å². The average molecular weight is 441 g/mol. The molecule has 0 aliphatic rings. The van der Waals surface area contributed by atoms with Crippen molar-refractivity contribution in [3.8, 4) is 34.1 Å². The molecular weight excluding hydrogens is 424 g/mol. The Bertz CT molecular complexity index is 1180. The number of thiazole rings is 1. The predicted octanol–water partition coefficient (Wildman–Crippen LogP) is 5.99. The molecule has 0 atom stereocenters. The molecule has 2 aromatic carbocycles. The van der Waals surface area contributed by atoms with Crippen LogP contribution in [-0.4, -0.2) is 25.1 Å². The Morgan fingerprint density at radius 3 is 2.47 bits per heavy atom. The summed E-state index contributed by atoms with van der Waals surface area (Å²) in [6.07, 6.45) is 0. The fourth-order valence-corrected chi connectivity index (χ4v) is 3.69. The molecule has 0 spiro atoms. The topological polar surface area (TPSA) is 73.6 Å². The summed E-state index contributed by atoms with van der Waals surface area (Å²) in [6.45, 7) is 0. The number of halogens is 1. The number of furan rings is 1. The van der Waals surface area contributed by atoms with Gasteiger partial charge in [-0.2, -0.15) is 0 Å². The zero-order valence-electron chi connectivity index (χ0n) is 16.1. The van der Waals surface area contributed by atoms with Crippen LogP contribution in [0.5, 0.6) is 11.5 Å². The summed E-state index contributed by atoms with van der Waals surface area (Å²) >= 11 is 7.23. The maximum atomic E-state index is 12.5. The van der Waals surface area contributed by atoms with Crippen LogP contribution in [0, 0.1) is 0 Å². The zero-order chi connectivity index (χ0) is 21.1. The highest BCUT2D eigenvalue weighted by atomic mass is 35.5. The highest BCUT2D eigenvalue weighted by molar-refractivity contribution is 7.14. The number of aromatic nitrogens is 1. The van der Waals surface area contributed by atoms with Gasteiger partial charge in [0.2, 0.25) is 0 Å². The summed E-state index contributed by atoms with van der Waals surface area (Å²) in [4.78, 5) is 17.0. The summed E-state index contributed by atoms with van der Waals surface area (Å²) in [5.74, 6) is 1.66. The SMILES string of the molecule is COc1ccc(-c2csc(NC(=O)c3ccc(-c4ccc(Cl)cc4)o3)n2)cc1OC. The number of hydrogen-bond donors (Lipinski definition) is 1. The summed E-state index contributed by atoms with van der Waals surface area (Å²) < 4.78 is 16.3. The van der Waals surface area contributed by atoms with E-state index in [2.05, 4.69) is 10.3 Å². The number of methoxy groups -OCH3 is 2. The Morgan fingerprint density at radius 2 is 1.73 bits per heavy atom. The first-order chi connectivity index (χ1) is 14.6. The minimum atomic E-state index is -0.372. The van der Waals surface area contributed by atoms with Crippen molar-refractivity contribution in [1.82, 2.24) is 4.98 Å². The summed E-state index contributed by atoms with van der Waals surface area (Å²) in [7, 11) is 3.16. The lowest BCUT2D eigenvalue weighted by atomic mass is 10.1. The fourth-order valence-electron chi connectivity index (χ4n) is 2.85. The van der Waals surface area contributed by atoms with Gasteiger partial charge in [-0.3, -0.25) is 10.1 Å². The lowest BCUT2D eigenvalue weighted by Gasteiger charge is -2.08. The quantitative estimate of drug-likeness (QED) is 0.398. The molecule has 2 heterocycles. The molecule has 6 nitrogen and oxygen atoms in total. The average Bonchev–Trinajstić information content (AvgIpc) is 3.44. The number of ether oxygens (including phenoxy) is 2. The minimum absolute atomic E-state index is 0.197. The molecule has 0 bridgehead atoms. The second-order valence-corrected chi connectivity index (χ2v) is 7.53. The van der Waals surface area contributed by atoms with Crippen molar-refractivity contribution in [3.63, 3.8) is 0 Å². The van der Waals surface area contributed by atoms with Crippen molar-refractivity contribution >= 4 is 34.0 Å². The molecule has 1 N–H and O–H groups in total. The molecule has 0 radical (unpaired) electrons. The smallest absolute Gasteiger partial charge is 0.293 e. The molecule has 0 saturated carbocycles. The third-order valence-corrected chi connectivity index (χ3v) is 5.37. The van der Waals surface area contributed by atoms with Crippen LogP contribution in [0.25, 0.3) is 22.6 Å². The predicted molar refractivity (Wildman–Crippen MR) is 118 cm³/mol. The van der Waals surface area contributed by atoms with Gasteiger partial charge in [-0.15, -0.1) is 11.3 Å². The Hall–Kier alpha value is -3.29. The van der Waals surface area contributed by atoms with E-state index in [0.29, 0.717) is 27.4 Å². The molecular formula is C22H17ClN2O4S. The maximum absolute atomic E-state index is 12.5. The minimum Gasteiger partial charge on any atom is -0.493 e. The molecule has 0 aliphatic carbocycles. The van der Waals surface area contributed by atoms with Gasteiger partial charge in [0.1, 0.15) is 5.76 Å². The van der Waals surface area contributed by atoms with E-state index in [1.807, 2.05) is 35.7 Å². The molecule has 1 amide bonds. The number of carbonyl (C=O) groups excluding carboxylic acids is 1. The van der Waals surface area contributed by atoms with E-state index in [9.17, 15) is 4.79 Å². The third-order valence-electron chi connectivity index (χ3n) is 4.36. The fraction of sp³-hybridized carbons (Fsp3) is 0.0909. The number of anilines is 1. The molecule has 0 fully saturated rings. The first-order valence-electron chi connectivity index (χ1n) is 8.92. The lowest BCUT2D eigenvalue weighted by Crippen LogP contribution is -2.10. The molecule has 0 saturated heterocycles. The monoisotopic (exact) mass is 440 g/mol. The normalized spacial score (nSPS) is 10.6. The van der Waals surface area contributed by atoms with E-state index in [1.54, 1.807) is 38.5 Å². The maximum Gasteiger partial charge on any atom is 0.293 e. The van der Waals surface area contributed by atoms with Crippen LogP contribution in [0.15, 0.2) is 64.4 Å². The van der Waals surface area contributed by atoms with Gasteiger partial charge in [0.15, 0.2) is 22.4 Å². The number of benzene rings is 2. The molecule has 2 aromatic heterocycles. The molecule has 4 aromatic rings. The summed E-state index contributed by atoms with van der Waals surface area (Å²) in [5, 5.41) is 5.73. The van der Waals surface area contributed by atoms with Crippen LogP contribution in [0.1, 0.15) is 10.6 Å². The number of nitrogens with zero attached hydrogens (tertiary/aromatic N) is 1. The Labute approximate surface area is 182 Å². The zero-order valence-corrected chi connectivity index (χ0v) is 17.7. The second kappa shape index (κ2) is 8.61. The Balaban J connectivity index is 1.49. The van der Waals surface area contributed by atoms with Gasteiger partial charge in [0.05, 0.1) is 19.9 Å². The van der Waals surface area contributed by atoms with Crippen molar-refractivity contribution in [2.45, 2.75) is 0 Å². The van der Waals surface area contributed by atoms with E-state index in [-0.39, 0.29) is 11.7 Å². The highest BCUT2D eigenvalue weighted by Crippen LogP contribution is 2.33. The molecule has 0 unspecified atom stereocenters. The van der Waals surface area contributed by atoms with Crippen LogP contribution < -0.4 is 14.8 Å². The number of amides is 1. The van der Waals surface area contributed by atoms with E-state index < -0.39 is 0 Å². The van der Waals surface area contributed by atoms with Gasteiger partial charge in [-0.05, 0) is 54.6 Å². The van der Waals surface area contributed by atoms with Gasteiger partial charge < -0.3 is 13.9 Å².